The van der Waals surface area contributed by atoms with E-state index in [1.165, 1.54) is 5.56 Å². The Kier molecular flexibility index (Phi) is 3.07. The minimum Gasteiger partial charge on any atom is -0.335 e. The van der Waals surface area contributed by atoms with E-state index in [1.807, 2.05) is 24.1 Å². The molecule has 3 heterocycles. The molecule has 1 aromatic rings. The number of amides is 1. The summed E-state index contributed by atoms with van der Waals surface area (Å²) >= 11 is 0. The molecule has 1 aromatic heterocycles. The molecule has 2 fully saturated rings. The van der Waals surface area contributed by atoms with Gasteiger partial charge < -0.3 is 10.2 Å². The summed E-state index contributed by atoms with van der Waals surface area (Å²) in [5.41, 5.74) is 1.18. The van der Waals surface area contributed by atoms with Gasteiger partial charge in [0, 0.05) is 31.9 Å². The quantitative estimate of drug-likeness (QED) is 0.838. The van der Waals surface area contributed by atoms with Gasteiger partial charge in [-0.05, 0) is 25.8 Å². The van der Waals surface area contributed by atoms with Crippen LogP contribution in [0.15, 0.2) is 12.4 Å². The maximum atomic E-state index is 12.5. The number of hydrogen-bond acceptors (Lipinski definition) is 3. The fourth-order valence-electron chi connectivity index (χ4n) is 3.09. The van der Waals surface area contributed by atoms with Crippen molar-refractivity contribution in [2.45, 2.75) is 25.3 Å². The molecule has 1 N–H and O–H groups in total. The van der Waals surface area contributed by atoms with Gasteiger partial charge in [-0.15, -0.1) is 0 Å². The van der Waals surface area contributed by atoms with Crippen LogP contribution in [0.3, 0.4) is 0 Å². The maximum Gasteiger partial charge on any atom is 0.227 e. The van der Waals surface area contributed by atoms with Crippen LogP contribution in [0.1, 0.15) is 30.9 Å². The normalized spacial score (nSPS) is 27.9. The Hall–Kier alpha value is -1.36. The molecule has 2 atom stereocenters. The third-order valence-corrected chi connectivity index (χ3v) is 4.06. The molecule has 5 nitrogen and oxygen atoms in total. The molecule has 18 heavy (non-hydrogen) atoms. The summed E-state index contributed by atoms with van der Waals surface area (Å²) in [5.74, 6) is 0.508. The van der Waals surface area contributed by atoms with Crippen molar-refractivity contribution in [2.75, 3.05) is 19.6 Å². The van der Waals surface area contributed by atoms with E-state index in [2.05, 4.69) is 15.3 Å². The second-order valence-electron chi connectivity index (χ2n) is 5.33. The highest BCUT2D eigenvalue weighted by Crippen LogP contribution is 2.33. The first-order chi connectivity index (χ1) is 8.75. The molecule has 0 saturated carbocycles. The first kappa shape index (κ1) is 11.7. The van der Waals surface area contributed by atoms with Crippen LogP contribution in [0.4, 0.5) is 0 Å². The highest BCUT2D eigenvalue weighted by atomic mass is 16.2. The summed E-state index contributed by atoms with van der Waals surface area (Å²) in [7, 11) is 1.92. The van der Waals surface area contributed by atoms with Gasteiger partial charge in [0.1, 0.15) is 0 Å². The molecule has 0 aliphatic carbocycles. The van der Waals surface area contributed by atoms with Crippen LogP contribution in [0.2, 0.25) is 0 Å². The first-order valence-electron chi connectivity index (χ1n) is 6.75. The summed E-state index contributed by atoms with van der Waals surface area (Å²) in [6.07, 6.45) is 7.07. The van der Waals surface area contributed by atoms with Gasteiger partial charge in [0.15, 0.2) is 0 Å². The zero-order chi connectivity index (χ0) is 12.5. The number of aryl methyl sites for hydroxylation is 1. The van der Waals surface area contributed by atoms with Crippen molar-refractivity contribution < 1.29 is 4.79 Å². The Morgan fingerprint density at radius 3 is 3.06 bits per heavy atom. The minimum atomic E-state index is 0.183. The van der Waals surface area contributed by atoms with Gasteiger partial charge in [-0.2, -0.15) is 5.10 Å². The van der Waals surface area contributed by atoms with Crippen LogP contribution in [0.5, 0.6) is 0 Å². The van der Waals surface area contributed by atoms with E-state index in [9.17, 15) is 4.79 Å². The third kappa shape index (κ3) is 2.03. The van der Waals surface area contributed by atoms with Gasteiger partial charge in [-0.25, -0.2) is 0 Å². The van der Waals surface area contributed by atoms with Crippen LogP contribution in [0, 0.1) is 5.92 Å². The largest absolute Gasteiger partial charge is 0.335 e. The monoisotopic (exact) mass is 248 g/mol. The highest BCUT2D eigenvalue weighted by molar-refractivity contribution is 5.80. The molecular weight excluding hydrogens is 228 g/mol. The van der Waals surface area contributed by atoms with E-state index in [0.717, 1.165) is 38.9 Å². The zero-order valence-corrected chi connectivity index (χ0v) is 10.8. The van der Waals surface area contributed by atoms with Crippen LogP contribution < -0.4 is 5.32 Å². The van der Waals surface area contributed by atoms with Crippen LogP contribution in [-0.2, 0) is 11.8 Å². The average molecular weight is 248 g/mol. The van der Waals surface area contributed by atoms with E-state index >= 15 is 0 Å². The minimum absolute atomic E-state index is 0.183. The Labute approximate surface area is 107 Å². The number of likely N-dealkylation sites (tertiary alicyclic amines) is 1. The van der Waals surface area contributed by atoms with Gasteiger partial charge in [0.2, 0.25) is 5.91 Å². The molecule has 0 spiro atoms. The number of nitrogens with zero attached hydrogens (tertiary/aromatic N) is 3. The standard InChI is InChI=1S/C13H20N4O/c1-16-9-11(8-15-16)12-3-2-6-17(12)13(18)10-4-5-14-7-10/h8-10,12,14H,2-7H2,1H3. The topological polar surface area (TPSA) is 50.2 Å². The molecule has 0 radical (unpaired) electrons. The fourth-order valence-corrected chi connectivity index (χ4v) is 3.09. The molecule has 2 aliphatic heterocycles. The Bertz CT molecular complexity index is 436. The van der Waals surface area contributed by atoms with Crippen molar-refractivity contribution in [1.29, 1.82) is 0 Å². The van der Waals surface area contributed by atoms with E-state index in [-0.39, 0.29) is 12.0 Å². The number of aromatic nitrogens is 2. The zero-order valence-electron chi connectivity index (χ0n) is 10.8. The molecule has 2 aliphatic rings. The van der Waals surface area contributed by atoms with E-state index < -0.39 is 0 Å². The van der Waals surface area contributed by atoms with Crippen molar-refractivity contribution in [3.63, 3.8) is 0 Å². The molecule has 1 amide bonds. The number of rotatable bonds is 2. The van der Waals surface area contributed by atoms with Gasteiger partial charge in [0.05, 0.1) is 18.2 Å². The Morgan fingerprint density at radius 2 is 2.39 bits per heavy atom. The molecule has 98 valence electrons. The lowest BCUT2D eigenvalue weighted by atomic mass is 10.0. The summed E-state index contributed by atoms with van der Waals surface area (Å²) in [4.78, 5) is 14.6. The number of hydrogen-bond donors (Lipinski definition) is 1. The lowest BCUT2D eigenvalue weighted by molar-refractivity contribution is -0.135. The lowest BCUT2D eigenvalue weighted by Crippen LogP contribution is -2.36. The summed E-state index contributed by atoms with van der Waals surface area (Å²) in [5, 5.41) is 7.49. The van der Waals surface area contributed by atoms with Gasteiger partial charge in [-0.1, -0.05) is 0 Å². The van der Waals surface area contributed by atoms with Gasteiger partial charge in [0.25, 0.3) is 0 Å². The van der Waals surface area contributed by atoms with E-state index in [1.54, 1.807) is 0 Å². The summed E-state index contributed by atoms with van der Waals surface area (Å²) in [6, 6.07) is 0.242. The summed E-state index contributed by atoms with van der Waals surface area (Å²) < 4.78 is 1.81. The number of carbonyl (C=O) groups is 1. The Morgan fingerprint density at radius 1 is 1.50 bits per heavy atom. The van der Waals surface area contributed by atoms with Crippen LogP contribution in [0.25, 0.3) is 0 Å². The average Bonchev–Trinajstić information content (AvgIpc) is 3.09. The van der Waals surface area contributed by atoms with Gasteiger partial charge in [-0.3, -0.25) is 9.48 Å². The molecular formula is C13H20N4O. The third-order valence-electron chi connectivity index (χ3n) is 4.06. The smallest absolute Gasteiger partial charge is 0.227 e. The van der Waals surface area contributed by atoms with Gasteiger partial charge >= 0.3 is 0 Å². The van der Waals surface area contributed by atoms with Crippen molar-refractivity contribution in [3.05, 3.63) is 18.0 Å². The summed E-state index contributed by atoms with van der Waals surface area (Å²) in [6.45, 7) is 2.71. The fraction of sp³-hybridized carbons (Fsp3) is 0.692. The molecule has 2 saturated heterocycles. The van der Waals surface area contributed by atoms with Crippen molar-refractivity contribution in [3.8, 4) is 0 Å². The molecule has 5 heteroatoms. The predicted octanol–water partition coefficient (Wildman–Crippen LogP) is 0.693. The highest BCUT2D eigenvalue weighted by Gasteiger charge is 2.35. The molecule has 3 rings (SSSR count). The second-order valence-corrected chi connectivity index (χ2v) is 5.33. The molecule has 0 bridgehead atoms. The molecule has 2 unspecified atom stereocenters. The SMILES string of the molecule is Cn1cc(C2CCCN2C(=O)C2CCNC2)cn1. The first-order valence-corrected chi connectivity index (χ1v) is 6.75. The van der Waals surface area contributed by atoms with E-state index in [4.69, 9.17) is 0 Å². The lowest BCUT2D eigenvalue weighted by Gasteiger charge is -2.26. The second kappa shape index (κ2) is 4.72. The van der Waals surface area contributed by atoms with Crippen LogP contribution >= 0.6 is 0 Å². The number of carbonyl (C=O) groups excluding carboxylic acids is 1. The Balaban J connectivity index is 1.76. The van der Waals surface area contributed by atoms with Crippen molar-refractivity contribution in [2.24, 2.45) is 13.0 Å². The molecule has 0 aromatic carbocycles. The van der Waals surface area contributed by atoms with E-state index in [0.29, 0.717) is 5.91 Å². The predicted molar refractivity (Wildman–Crippen MR) is 67.9 cm³/mol. The van der Waals surface area contributed by atoms with Crippen molar-refractivity contribution in [1.82, 2.24) is 20.0 Å². The number of nitrogens with one attached hydrogen (secondary N) is 1. The maximum absolute atomic E-state index is 12.5. The van der Waals surface area contributed by atoms with Crippen LogP contribution in [-0.4, -0.2) is 40.2 Å². The van der Waals surface area contributed by atoms with Crippen molar-refractivity contribution >= 4 is 5.91 Å².